The second kappa shape index (κ2) is 4.87. The zero-order chi connectivity index (χ0) is 14.2. The van der Waals surface area contributed by atoms with Crippen LogP contribution in [0.3, 0.4) is 0 Å². The number of anilines is 1. The maximum atomic E-state index is 13.6. The molecule has 0 bridgehead atoms. The van der Waals surface area contributed by atoms with Crippen molar-refractivity contribution in [1.82, 2.24) is 14.8 Å². The fraction of sp³-hybridized carbons (Fsp3) is 0.333. The third-order valence-electron chi connectivity index (χ3n) is 3.87. The van der Waals surface area contributed by atoms with Gasteiger partial charge in [0.2, 0.25) is 0 Å². The van der Waals surface area contributed by atoms with Crippen molar-refractivity contribution in [2.45, 2.75) is 32.4 Å². The van der Waals surface area contributed by atoms with E-state index in [1.54, 1.807) is 12.1 Å². The summed E-state index contributed by atoms with van der Waals surface area (Å²) >= 11 is 0. The molecule has 0 saturated carbocycles. The lowest BCUT2D eigenvalue weighted by Gasteiger charge is -2.14. The minimum atomic E-state index is -0.393. The van der Waals surface area contributed by atoms with Gasteiger partial charge in [-0.1, -0.05) is 6.07 Å². The van der Waals surface area contributed by atoms with Crippen molar-refractivity contribution in [2.24, 2.45) is 0 Å². The Morgan fingerprint density at radius 1 is 1.33 bits per heavy atom. The molecule has 108 valence electrons. The van der Waals surface area contributed by atoms with Gasteiger partial charge in [0.1, 0.15) is 5.52 Å². The molecule has 0 atom stereocenters. The Hall–Kier alpha value is -2.37. The summed E-state index contributed by atoms with van der Waals surface area (Å²) in [7, 11) is 0. The number of nitrogens with zero attached hydrogens (tertiary/aromatic N) is 3. The molecule has 3 heterocycles. The van der Waals surface area contributed by atoms with Crippen LogP contribution < -0.4 is 5.32 Å². The van der Waals surface area contributed by atoms with Crippen LogP contribution in [-0.2, 0) is 19.5 Å². The fourth-order valence-corrected chi connectivity index (χ4v) is 2.80. The van der Waals surface area contributed by atoms with Crippen molar-refractivity contribution in [3.63, 3.8) is 0 Å². The van der Waals surface area contributed by atoms with Crippen molar-refractivity contribution in [3.05, 3.63) is 41.5 Å². The summed E-state index contributed by atoms with van der Waals surface area (Å²) in [6.45, 7) is 1.58. The molecule has 5 nitrogen and oxygen atoms in total. The number of rotatable bonds is 3. The maximum Gasteiger partial charge on any atom is 0.296 e. The fourth-order valence-electron chi connectivity index (χ4n) is 2.80. The molecule has 1 aromatic carbocycles. The molecule has 1 aliphatic rings. The van der Waals surface area contributed by atoms with E-state index in [0.717, 1.165) is 18.5 Å². The minimum absolute atomic E-state index is 0.192. The molecule has 1 N–H and O–H groups in total. The van der Waals surface area contributed by atoms with Gasteiger partial charge < -0.3 is 9.73 Å². The summed E-state index contributed by atoms with van der Waals surface area (Å²) in [4.78, 5) is 4.24. The van der Waals surface area contributed by atoms with E-state index < -0.39 is 5.82 Å². The molecule has 0 unspecified atom stereocenters. The normalized spacial score (nSPS) is 14.3. The van der Waals surface area contributed by atoms with Gasteiger partial charge in [-0.2, -0.15) is 10.1 Å². The number of hydrogen-bond donors (Lipinski definition) is 1. The first-order chi connectivity index (χ1) is 10.3. The highest BCUT2D eigenvalue weighted by Gasteiger charge is 2.15. The lowest BCUT2D eigenvalue weighted by molar-refractivity contribution is 0.484. The second-order valence-corrected chi connectivity index (χ2v) is 5.26. The van der Waals surface area contributed by atoms with Crippen LogP contribution in [0.5, 0.6) is 0 Å². The van der Waals surface area contributed by atoms with Crippen LogP contribution in [0.4, 0.5) is 10.4 Å². The van der Waals surface area contributed by atoms with Crippen molar-refractivity contribution >= 4 is 17.1 Å². The van der Waals surface area contributed by atoms with Crippen LogP contribution in [0.2, 0.25) is 0 Å². The Balaban J connectivity index is 1.55. The van der Waals surface area contributed by atoms with Crippen LogP contribution in [0, 0.1) is 5.82 Å². The van der Waals surface area contributed by atoms with E-state index in [-0.39, 0.29) is 5.58 Å². The first kappa shape index (κ1) is 12.4. The van der Waals surface area contributed by atoms with Gasteiger partial charge in [0.05, 0.1) is 6.20 Å². The predicted octanol–water partition coefficient (Wildman–Crippen LogP) is 3.11. The highest BCUT2D eigenvalue weighted by Crippen LogP contribution is 2.23. The number of halogens is 1. The highest BCUT2D eigenvalue weighted by atomic mass is 19.1. The second-order valence-electron chi connectivity index (χ2n) is 5.26. The number of oxazole rings is 1. The Morgan fingerprint density at radius 2 is 2.29 bits per heavy atom. The smallest absolute Gasteiger partial charge is 0.296 e. The maximum absolute atomic E-state index is 13.6. The van der Waals surface area contributed by atoms with E-state index >= 15 is 0 Å². The molecule has 0 spiro atoms. The van der Waals surface area contributed by atoms with Crippen LogP contribution in [0.15, 0.2) is 28.8 Å². The summed E-state index contributed by atoms with van der Waals surface area (Å²) in [6.07, 6.45) is 5.33. The quantitative estimate of drug-likeness (QED) is 0.803. The molecule has 21 heavy (non-hydrogen) atoms. The van der Waals surface area contributed by atoms with Crippen molar-refractivity contribution in [2.75, 3.05) is 5.32 Å². The van der Waals surface area contributed by atoms with E-state index in [2.05, 4.69) is 20.1 Å². The molecular formula is C15H15FN4O. The number of aromatic nitrogens is 3. The van der Waals surface area contributed by atoms with Gasteiger partial charge in [0, 0.05) is 24.3 Å². The molecule has 0 amide bonds. The number of fused-ring (bicyclic) bond motifs is 2. The minimum Gasteiger partial charge on any atom is -0.420 e. The summed E-state index contributed by atoms with van der Waals surface area (Å²) in [5, 5.41) is 7.51. The lowest BCUT2D eigenvalue weighted by atomic mass is 10.1. The van der Waals surface area contributed by atoms with E-state index in [1.807, 2.05) is 6.20 Å². The molecule has 4 rings (SSSR count). The van der Waals surface area contributed by atoms with Crippen molar-refractivity contribution < 1.29 is 8.81 Å². The van der Waals surface area contributed by atoms with E-state index in [1.165, 1.54) is 24.6 Å². The predicted molar refractivity (Wildman–Crippen MR) is 76.5 cm³/mol. The van der Waals surface area contributed by atoms with Gasteiger partial charge in [0.25, 0.3) is 6.01 Å². The number of aryl methyl sites for hydroxylation is 1. The Bertz CT molecular complexity index is 792. The van der Waals surface area contributed by atoms with E-state index in [0.29, 0.717) is 18.1 Å². The highest BCUT2D eigenvalue weighted by molar-refractivity contribution is 5.74. The standard InChI is InChI=1S/C15H15FN4O/c16-11-4-3-5-12-14(11)21-15(19-12)17-8-10-9-18-20-7-2-1-6-13(10)20/h3-5,9H,1-2,6-8H2,(H,17,19). The van der Waals surface area contributed by atoms with Gasteiger partial charge in [-0.25, -0.2) is 4.39 Å². The summed E-state index contributed by atoms with van der Waals surface area (Å²) < 4.78 is 21.0. The SMILES string of the molecule is Fc1cccc2nc(NCc3cnn4c3CCCC4)oc12. The molecule has 0 fully saturated rings. The number of benzene rings is 1. The first-order valence-electron chi connectivity index (χ1n) is 7.14. The molecule has 6 heteroatoms. The molecule has 2 aromatic heterocycles. The molecule has 0 saturated heterocycles. The summed E-state index contributed by atoms with van der Waals surface area (Å²) in [5.74, 6) is -0.393. The van der Waals surface area contributed by atoms with Gasteiger partial charge in [0.15, 0.2) is 11.4 Å². The molecule has 0 aliphatic carbocycles. The molecular weight excluding hydrogens is 271 g/mol. The van der Waals surface area contributed by atoms with Gasteiger partial charge >= 0.3 is 0 Å². The molecule has 1 aliphatic heterocycles. The monoisotopic (exact) mass is 286 g/mol. The molecule has 3 aromatic rings. The average molecular weight is 286 g/mol. The lowest BCUT2D eigenvalue weighted by Crippen LogP contribution is -2.13. The van der Waals surface area contributed by atoms with Crippen LogP contribution in [0.25, 0.3) is 11.1 Å². The number of para-hydroxylation sites is 1. The van der Waals surface area contributed by atoms with Gasteiger partial charge in [-0.05, 0) is 31.4 Å². The number of nitrogens with one attached hydrogen (secondary N) is 1. The van der Waals surface area contributed by atoms with Gasteiger partial charge in [-0.3, -0.25) is 4.68 Å². The third-order valence-corrected chi connectivity index (χ3v) is 3.87. The third kappa shape index (κ3) is 2.16. The Labute approximate surface area is 120 Å². The van der Waals surface area contributed by atoms with Crippen molar-refractivity contribution in [3.8, 4) is 0 Å². The zero-order valence-corrected chi connectivity index (χ0v) is 11.5. The topological polar surface area (TPSA) is 55.9 Å². The van der Waals surface area contributed by atoms with Crippen LogP contribution in [0.1, 0.15) is 24.1 Å². The van der Waals surface area contributed by atoms with Crippen molar-refractivity contribution in [1.29, 1.82) is 0 Å². The number of hydrogen-bond acceptors (Lipinski definition) is 4. The van der Waals surface area contributed by atoms with Crippen LogP contribution >= 0.6 is 0 Å². The summed E-state index contributed by atoms with van der Waals surface area (Å²) in [6, 6.07) is 5.06. The largest absolute Gasteiger partial charge is 0.420 e. The first-order valence-corrected chi connectivity index (χ1v) is 7.14. The average Bonchev–Trinajstić information content (AvgIpc) is 3.09. The van der Waals surface area contributed by atoms with Gasteiger partial charge in [-0.15, -0.1) is 0 Å². The Kier molecular flexibility index (Phi) is 2.87. The summed E-state index contributed by atoms with van der Waals surface area (Å²) in [5.41, 5.74) is 3.14. The van der Waals surface area contributed by atoms with E-state index in [4.69, 9.17) is 4.42 Å². The van der Waals surface area contributed by atoms with Crippen LogP contribution in [-0.4, -0.2) is 14.8 Å². The zero-order valence-electron chi connectivity index (χ0n) is 11.5. The Morgan fingerprint density at radius 3 is 3.19 bits per heavy atom. The molecule has 0 radical (unpaired) electrons. The van der Waals surface area contributed by atoms with E-state index in [9.17, 15) is 4.39 Å².